The molecule has 0 saturated carbocycles. The van der Waals surface area contributed by atoms with Gasteiger partial charge < -0.3 is 19.4 Å². The summed E-state index contributed by atoms with van der Waals surface area (Å²) in [5.74, 6) is -2.28. The number of para-hydroxylation sites is 1. The molecule has 6 nitrogen and oxygen atoms in total. The van der Waals surface area contributed by atoms with E-state index >= 15 is 0 Å². The Morgan fingerprint density at radius 1 is 1.10 bits per heavy atom. The zero-order chi connectivity index (χ0) is 22.1. The molecule has 2 heterocycles. The molecule has 8 heteroatoms. The van der Waals surface area contributed by atoms with Crippen molar-refractivity contribution in [3.05, 3.63) is 82.0 Å². The van der Waals surface area contributed by atoms with Crippen LogP contribution in [0.5, 0.6) is 11.5 Å². The number of benzene rings is 2. The number of esters is 1. The molecule has 0 amide bonds. The van der Waals surface area contributed by atoms with Crippen LogP contribution in [0.15, 0.2) is 53.5 Å². The molecular formula is C23H18F2N2O4. The van der Waals surface area contributed by atoms with Crippen LogP contribution >= 0.6 is 0 Å². The third kappa shape index (κ3) is 3.68. The van der Waals surface area contributed by atoms with Crippen LogP contribution in [0.25, 0.3) is 21.9 Å². The van der Waals surface area contributed by atoms with E-state index in [1.54, 1.807) is 44.3 Å². The Labute approximate surface area is 175 Å². The first kappa shape index (κ1) is 20.3. The van der Waals surface area contributed by atoms with Gasteiger partial charge in [0.05, 0.1) is 12.0 Å². The average molecular weight is 424 g/mol. The predicted octanol–water partition coefficient (Wildman–Crippen LogP) is 5.08. The van der Waals surface area contributed by atoms with Crippen molar-refractivity contribution < 1.29 is 23.0 Å². The molecule has 4 aromatic rings. The molecule has 0 saturated heterocycles. The number of nitrogens with one attached hydrogen (secondary N) is 2. The van der Waals surface area contributed by atoms with Crippen molar-refractivity contribution in [2.45, 2.75) is 13.8 Å². The van der Waals surface area contributed by atoms with Gasteiger partial charge in [-0.3, -0.25) is 4.79 Å². The third-order valence-corrected chi connectivity index (χ3v) is 4.81. The van der Waals surface area contributed by atoms with Gasteiger partial charge in [0.25, 0.3) is 5.56 Å². The van der Waals surface area contributed by atoms with Gasteiger partial charge in [-0.1, -0.05) is 18.2 Å². The minimum atomic E-state index is -0.871. The highest BCUT2D eigenvalue weighted by Crippen LogP contribution is 2.39. The third-order valence-electron chi connectivity index (χ3n) is 4.81. The molecule has 31 heavy (non-hydrogen) atoms. The lowest BCUT2D eigenvalue weighted by Crippen LogP contribution is -2.17. The van der Waals surface area contributed by atoms with E-state index in [0.717, 1.165) is 12.1 Å². The summed E-state index contributed by atoms with van der Waals surface area (Å²) in [6, 6.07) is 9.63. The lowest BCUT2D eigenvalue weighted by Gasteiger charge is -2.15. The Morgan fingerprint density at radius 2 is 1.87 bits per heavy atom. The lowest BCUT2D eigenvalue weighted by molar-refractivity contribution is 0.0520. The number of aromatic amines is 2. The largest absolute Gasteiger partial charge is 0.461 e. The summed E-state index contributed by atoms with van der Waals surface area (Å²) in [5.41, 5.74) is 0.929. The zero-order valence-corrected chi connectivity index (χ0v) is 16.7. The van der Waals surface area contributed by atoms with Gasteiger partial charge in [-0.2, -0.15) is 0 Å². The number of hydrogen-bond donors (Lipinski definition) is 2. The van der Waals surface area contributed by atoms with Gasteiger partial charge >= 0.3 is 5.97 Å². The fourth-order valence-electron chi connectivity index (χ4n) is 3.46. The minimum absolute atomic E-state index is 0.0472. The number of fused-ring (bicyclic) bond motifs is 1. The van der Waals surface area contributed by atoms with Crippen molar-refractivity contribution in [2.24, 2.45) is 0 Å². The molecule has 0 spiro atoms. The van der Waals surface area contributed by atoms with E-state index in [-0.39, 0.29) is 23.8 Å². The van der Waals surface area contributed by atoms with Gasteiger partial charge in [-0.15, -0.1) is 0 Å². The maximum Gasteiger partial charge on any atom is 0.355 e. The smallest absolute Gasteiger partial charge is 0.355 e. The van der Waals surface area contributed by atoms with Crippen molar-refractivity contribution in [2.75, 3.05) is 6.61 Å². The Hall–Kier alpha value is -3.94. The molecule has 0 fully saturated rings. The predicted molar refractivity (Wildman–Crippen MR) is 111 cm³/mol. The molecule has 0 atom stereocenters. The van der Waals surface area contributed by atoms with Gasteiger partial charge in [-0.25, -0.2) is 13.6 Å². The summed E-state index contributed by atoms with van der Waals surface area (Å²) in [6.07, 6.45) is 1.62. The molecule has 0 bridgehead atoms. The number of H-pyrrole nitrogens is 2. The first-order valence-corrected chi connectivity index (χ1v) is 9.54. The summed E-state index contributed by atoms with van der Waals surface area (Å²) in [7, 11) is 0. The summed E-state index contributed by atoms with van der Waals surface area (Å²) >= 11 is 0. The first-order chi connectivity index (χ1) is 14.9. The zero-order valence-electron chi connectivity index (χ0n) is 16.7. The average Bonchev–Trinajstić information content (AvgIpc) is 3.13. The fraction of sp³-hybridized carbons (Fsp3) is 0.130. The Balaban J connectivity index is 1.97. The number of carbonyl (C=O) groups is 1. The summed E-state index contributed by atoms with van der Waals surface area (Å²) in [4.78, 5) is 30.9. The molecule has 2 aromatic carbocycles. The number of ether oxygens (including phenoxy) is 2. The number of aromatic nitrogens is 2. The highest BCUT2D eigenvalue weighted by atomic mass is 19.1. The van der Waals surface area contributed by atoms with E-state index in [0.29, 0.717) is 27.6 Å². The molecule has 0 radical (unpaired) electrons. The Kier molecular flexibility index (Phi) is 5.29. The Bertz CT molecular complexity index is 1360. The van der Waals surface area contributed by atoms with Crippen molar-refractivity contribution in [3.63, 3.8) is 0 Å². The second-order valence-electron chi connectivity index (χ2n) is 6.80. The van der Waals surface area contributed by atoms with Gasteiger partial charge in [0, 0.05) is 34.5 Å². The number of pyridine rings is 1. The normalized spacial score (nSPS) is 11.0. The summed E-state index contributed by atoms with van der Waals surface area (Å²) in [6.45, 7) is 3.51. The second kappa shape index (κ2) is 8.06. The SMILES string of the molecule is CCOC(=O)c1[nH]c(=O)c2c(C)[nH]cc2c1-c1ccccc1Oc1ccc(F)cc1F. The summed E-state index contributed by atoms with van der Waals surface area (Å²) < 4.78 is 38.3. The van der Waals surface area contributed by atoms with Crippen LogP contribution in [0.2, 0.25) is 0 Å². The highest BCUT2D eigenvalue weighted by Gasteiger charge is 2.24. The number of carbonyl (C=O) groups excluding carboxylic acids is 1. The van der Waals surface area contributed by atoms with E-state index in [1.165, 1.54) is 6.07 Å². The quantitative estimate of drug-likeness (QED) is 0.438. The van der Waals surface area contributed by atoms with E-state index < -0.39 is 23.2 Å². The monoisotopic (exact) mass is 424 g/mol. The van der Waals surface area contributed by atoms with E-state index in [9.17, 15) is 18.4 Å². The molecular weight excluding hydrogens is 406 g/mol. The molecule has 0 aliphatic rings. The highest BCUT2D eigenvalue weighted by molar-refractivity contribution is 6.07. The number of halogens is 2. The second-order valence-corrected chi connectivity index (χ2v) is 6.80. The van der Waals surface area contributed by atoms with Crippen LogP contribution in [0, 0.1) is 18.6 Å². The van der Waals surface area contributed by atoms with Gasteiger partial charge in [-0.05, 0) is 32.0 Å². The van der Waals surface area contributed by atoms with Crippen LogP contribution in [0.3, 0.4) is 0 Å². The number of hydrogen-bond acceptors (Lipinski definition) is 4. The van der Waals surface area contributed by atoms with Crippen LogP contribution in [0.1, 0.15) is 23.1 Å². The summed E-state index contributed by atoms with van der Waals surface area (Å²) in [5, 5.41) is 0.866. The van der Waals surface area contributed by atoms with Gasteiger partial charge in [0.2, 0.25) is 0 Å². The molecule has 0 unspecified atom stereocenters. The van der Waals surface area contributed by atoms with E-state index in [4.69, 9.17) is 9.47 Å². The maximum absolute atomic E-state index is 14.2. The van der Waals surface area contributed by atoms with Crippen LogP contribution in [-0.4, -0.2) is 22.5 Å². The van der Waals surface area contributed by atoms with Crippen LogP contribution in [-0.2, 0) is 4.74 Å². The molecule has 0 aliphatic heterocycles. The molecule has 158 valence electrons. The van der Waals surface area contributed by atoms with Crippen molar-refractivity contribution >= 4 is 16.7 Å². The van der Waals surface area contributed by atoms with Gasteiger partial charge in [0.1, 0.15) is 17.3 Å². The lowest BCUT2D eigenvalue weighted by atomic mass is 9.98. The van der Waals surface area contributed by atoms with E-state index in [1.807, 2.05) is 0 Å². The van der Waals surface area contributed by atoms with Crippen molar-refractivity contribution in [3.8, 4) is 22.6 Å². The van der Waals surface area contributed by atoms with Gasteiger partial charge in [0.15, 0.2) is 11.6 Å². The standard InChI is InChI=1S/C23H18F2N2O4/c1-3-30-23(29)21-20(15-11-26-12(2)19(15)22(28)27-21)14-6-4-5-7-17(14)31-18-9-8-13(24)10-16(18)25/h4-11,26H,3H2,1-2H3,(H,27,28). The van der Waals surface area contributed by atoms with Crippen LogP contribution < -0.4 is 10.3 Å². The van der Waals surface area contributed by atoms with Crippen molar-refractivity contribution in [1.29, 1.82) is 0 Å². The molecule has 2 aromatic heterocycles. The first-order valence-electron chi connectivity index (χ1n) is 9.54. The molecule has 2 N–H and O–H groups in total. The van der Waals surface area contributed by atoms with Crippen LogP contribution in [0.4, 0.5) is 8.78 Å². The Morgan fingerprint density at radius 3 is 2.61 bits per heavy atom. The minimum Gasteiger partial charge on any atom is -0.461 e. The topological polar surface area (TPSA) is 84.2 Å². The molecule has 4 rings (SSSR count). The maximum atomic E-state index is 14.2. The van der Waals surface area contributed by atoms with Crippen molar-refractivity contribution in [1.82, 2.24) is 9.97 Å². The van der Waals surface area contributed by atoms with E-state index in [2.05, 4.69) is 9.97 Å². The fourth-order valence-corrected chi connectivity index (χ4v) is 3.46. The molecule has 0 aliphatic carbocycles. The number of aryl methyl sites for hydroxylation is 1. The number of rotatable bonds is 5.